The van der Waals surface area contributed by atoms with Gasteiger partial charge in [0.25, 0.3) is 0 Å². The van der Waals surface area contributed by atoms with Crippen molar-refractivity contribution in [3.63, 3.8) is 0 Å². The second-order valence-corrected chi connectivity index (χ2v) is 4.88. The van der Waals surface area contributed by atoms with Crippen LogP contribution in [0, 0.1) is 3.57 Å². The van der Waals surface area contributed by atoms with E-state index in [4.69, 9.17) is 4.74 Å². The molecule has 0 atom stereocenters. The molecule has 1 aromatic heterocycles. The highest BCUT2D eigenvalue weighted by molar-refractivity contribution is 14.1. The van der Waals surface area contributed by atoms with Gasteiger partial charge in [-0.1, -0.05) is 15.9 Å². The summed E-state index contributed by atoms with van der Waals surface area (Å²) in [4.78, 5) is 4.32. The van der Waals surface area contributed by atoms with E-state index in [0.717, 1.165) is 24.7 Å². The average molecular weight is 364 g/mol. The Labute approximate surface area is 104 Å². The maximum Gasteiger partial charge on any atom is 0.143 e. The van der Waals surface area contributed by atoms with Gasteiger partial charge in [-0.25, -0.2) is 0 Å². The lowest BCUT2D eigenvalue weighted by atomic mass is 10.2. The molecule has 0 saturated heterocycles. The molecule has 0 amide bonds. The summed E-state index contributed by atoms with van der Waals surface area (Å²) in [6.45, 7) is 0. The Hall–Kier alpha value is -0.360. The molecule has 14 heavy (non-hydrogen) atoms. The molecule has 1 heterocycles. The van der Waals surface area contributed by atoms with E-state index in [-0.39, 0.29) is 0 Å². The standard InChI is InChI=1S/C10H7BrINO/c1-14-10-7-4-6(11)2-3-9(7)13-5-8(10)12/h2-5H,1H3. The summed E-state index contributed by atoms with van der Waals surface area (Å²) in [5, 5.41) is 1.04. The van der Waals surface area contributed by atoms with E-state index in [1.807, 2.05) is 24.4 Å². The van der Waals surface area contributed by atoms with Gasteiger partial charge in [0, 0.05) is 16.1 Å². The summed E-state index contributed by atoms with van der Waals surface area (Å²) in [7, 11) is 1.68. The first-order valence-electron chi connectivity index (χ1n) is 4.00. The first-order valence-corrected chi connectivity index (χ1v) is 5.87. The van der Waals surface area contributed by atoms with Crippen LogP contribution in [0.2, 0.25) is 0 Å². The number of aromatic nitrogens is 1. The molecule has 0 spiro atoms. The van der Waals surface area contributed by atoms with Crippen LogP contribution in [0.1, 0.15) is 0 Å². The van der Waals surface area contributed by atoms with Crippen LogP contribution in [-0.4, -0.2) is 12.1 Å². The highest BCUT2D eigenvalue weighted by Crippen LogP contribution is 2.30. The van der Waals surface area contributed by atoms with Gasteiger partial charge >= 0.3 is 0 Å². The van der Waals surface area contributed by atoms with Crippen LogP contribution in [0.5, 0.6) is 5.75 Å². The molecule has 0 saturated carbocycles. The highest BCUT2D eigenvalue weighted by atomic mass is 127. The van der Waals surface area contributed by atoms with Crippen LogP contribution in [-0.2, 0) is 0 Å². The van der Waals surface area contributed by atoms with Gasteiger partial charge in [0.15, 0.2) is 0 Å². The molecular weight excluding hydrogens is 357 g/mol. The summed E-state index contributed by atoms with van der Waals surface area (Å²) >= 11 is 5.65. The van der Waals surface area contributed by atoms with Gasteiger partial charge in [0.05, 0.1) is 16.2 Å². The molecule has 2 nitrogen and oxygen atoms in total. The summed E-state index contributed by atoms with van der Waals surface area (Å²) in [5.41, 5.74) is 0.950. The van der Waals surface area contributed by atoms with Crippen LogP contribution >= 0.6 is 38.5 Å². The largest absolute Gasteiger partial charge is 0.495 e. The fraction of sp³-hybridized carbons (Fsp3) is 0.100. The van der Waals surface area contributed by atoms with Crippen molar-refractivity contribution >= 4 is 49.4 Å². The predicted octanol–water partition coefficient (Wildman–Crippen LogP) is 3.61. The molecule has 2 aromatic rings. The van der Waals surface area contributed by atoms with Crippen molar-refractivity contribution in [2.45, 2.75) is 0 Å². The molecule has 0 unspecified atom stereocenters. The minimum Gasteiger partial charge on any atom is -0.495 e. The first kappa shape index (κ1) is 10.2. The van der Waals surface area contributed by atoms with Gasteiger partial charge in [-0.2, -0.15) is 0 Å². The molecule has 0 bridgehead atoms. The molecule has 0 aliphatic heterocycles. The number of rotatable bonds is 1. The van der Waals surface area contributed by atoms with Crippen LogP contribution in [0.4, 0.5) is 0 Å². The van der Waals surface area contributed by atoms with Gasteiger partial charge in [-0.15, -0.1) is 0 Å². The predicted molar refractivity (Wildman–Crippen MR) is 68.7 cm³/mol. The molecule has 72 valence electrons. The zero-order valence-electron chi connectivity index (χ0n) is 7.42. The maximum absolute atomic E-state index is 5.34. The second-order valence-electron chi connectivity index (χ2n) is 2.80. The molecule has 4 heteroatoms. The fourth-order valence-corrected chi connectivity index (χ4v) is 2.33. The Bertz CT molecular complexity index is 482. The molecule has 1 aromatic carbocycles. The summed E-state index contributed by atoms with van der Waals surface area (Å²) in [6, 6.07) is 5.96. The van der Waals surface area contributed by atoms with E-state index in [2.05, 4.69) is 43.5 Å². The number of pyridine rings is 1. The lowest BCUT2D eigenvalue weighted by molar-refractivity contribution is 0.416. The number of benzene rings is 1. The Morgan fingerprint density at radius 3 is 2.93 bits per heavy atom. The van der Waals surface area contributed by atoms with E-state index < -0.39 is 0 Å². The highest BCUT2D eigenvalue weighted by Gasteiger charge is 2.06. The van der Waals surface area contributed by atoms with Gasteiger partial charge in [0.1, 0.15) is 5.75 Å². The van der Waals surface area contributed by atoms with Crippen molar-refractivity contribution in [2.24, 2.45) is 0 Å². The zero-order valence-corrected chi connectivity index (χ0v) is 11.2. The fourth-order valence-electron chi connectivity index (χ4n) is 1.32. The summed E-state index contributed by atoms with van der Waals surface area (Å²) < 4.78 is 7.40. The van der Waals surface area contributed by atoms with E-state index in [0.29, 0.717) is 0 Å². The van der Waals surface area contributed by atoms with Gasteiger partial charge in [-0.3, -0.25) is 4.98 Å². The normalized spacial score (nSPS) is 10.5. The van der Waals surface area contributed by atoms with E-state index in [9.17, 15) is 0 Å². The minimum absolute atomic E-state index is 0.886. The number of hydrogen-bond acceptors (Lipinski definition) is 2. The summed E-state index contributed by atoms with van der Waals surface area (Å²) in [6.07, 6.45) is 1.82. The molecule has 0 radical (unpaired) electrons. The van der Waals surface area contributed by atoms with E-state index in [1.54, 1.807) is 7.11 Å². The molecule has 0 fully saturated rings. The van der Waals surface area contributed by atoms with Gasteiger partial charge in [0.2, 0.25) is 0 Å². The zero-order chi connectivity index (χ0) is 10.1. The topological polar surface area (TPSA) is 22.1 Å². The number of nitrogens with zero attached hydrogens (tertiary/aromatic N) is 1. The van der Waals surface area contributed by atoms with Crippen molar-refractivity contribution in [3.8, 4) is 5.75 Å². The maximum atomic E-state index is 5.34. The van der Waals surface area contributed by atoms with Crippen LogP contribution in [0.25, 0.3) is 10.9 Å². The van der Waals surface area contributed by atoms with Crippen LogP contribution in [0.3, 0.4) is 0 Å². The number of ether oxygens (including phenoxy) is 1. The third kappa shape index (κ3) is 1.72. The Balaban J connectivity index is 2.84. The lowest BCUT2D eigenvalue weighted by Crippen LogP contribution is -1.90. The van der Waals surface area contributed by atoms with Crippen molar-refractivity contribution in [1.82, 2.24) is 4.98 Å². The van der Waals surface area contributed by atoms with Crippen molar-refractivity contribution in [2.75, 3.05) is 7.11 Å². The third-order valence-corrected chi connectivity index (χ3v) is 3.20. The molecule has 2 rings (SSSR count). The van der Waals surface area contributed by atoms with Crippen LogP contribution < -0.4 is 4.74 Å². The molecule has 0 aliphatic carbocycles. The SMILES string of the molecule is COc1c(I)cnc2ccc(Br)cc12. The van der Waals surface area contributed by atoms with Crippen LogP contribution in [0.15, 0.2) is 28.9 Å². The van der Waals surface area contributed by atoms with E-state index in [1.165, 1.54) is 0 Å². The van der Waals surface area contributed by atoms with Crippen molar-refractivity contribution in [1.29, 1.82) is 0 Å². The number of halogens is 2. The minimum atomic E-state index is 0.886. The van der Waals surface area contributed by atoms with Crippen molar-refractivity contribution in [3.05, 3.63) is 32.4 Å². The number of fused-ring (bicyclic) bond motifs is 1. The van der Waals surface area contributed by atoms with Gasteiger partial charge < -0.3 is 4.74 Å². The Morgan fingerprint density at radius 1 is 1.43 bits per heavy atom. The monoisotopic (exact) mass is 363 g/mol. The molecule has 0 aliphatic rings. The average Bonchev–Trinajstić information content (AvgIpc) is 2.17. The smallest absolute Gasteiger partial charge is 0.143 e. The number of methoxy groups -OCH3 is 1. The quantitative estimate of drug-likeness (QED) is 0.722. The third-order valence-electron chi connectivity index (χ3n) is 1.94. The van der Waals surface area contributed by atoms with Gasteiger partial charge in [-0.05, 0) is 40.8 Å². The Kier molecular flexibility index (Phi) is 2.92. The Morgan fingerprint density at radius 2 is 2.21 bits per heavy atom. The lowest BCUT2D eigenvalue weighted by Gasteiger charge is -2.06. The summed E-state index contributed by atoms with van der Waals surface area (Å²) in [5.74, 6) is 0.886. The van der Waals surface area contributed by atoms with E-state index >= 15 is 0 Å². The van der Waals surface area contributed by atoms with Crippen molar-refractivity contribution < 1.29 is 4.74 Å². The number of hydrogen-bond donors (Lipinski definition) is 0. The first-order chi connectivity index (χ1) is 6.72. The second kappa shape index (κ2) is 4.02. The molecule has 0 N–H and O–H groups in total. The molecular formula is C10H7BrINO.